The van der Waals surface area contributed by atoms with Crippen LogP contribution in [0.2, 0.25) is 0 Å². The first-order valence-electron chi connectivity index (χ1n) is 22.8. The topological polar surface area (TPSA) is 56.5 Å². The van der Waals surface area contributed by atoms with Gasteiger partial charge in [-0.15, -0.1) is 11.3 Å². The summed E-state index contributed by atoms with van der Waals surface area (Å²) in [5.74, 6) is 1.74. The summed E-state index contributed by atoms with van der Waals surface area (Å²) in [6, 6.07) is 81.1. The maximum Gasteiger partial charge on any atom is 0.166 e. The van der Waals surface area contributed by atoms with Gasteiger partial charge in [-0.25, -0.2) is 15.0 Å². The lowest BCUT2D eigenvalue weighted by molar-refractivity contribution is 1.07. The van der Waals surface area contributed by atoms with Crippen LogP contribution in [0.3, 0.4) is 0 Å². The molecule has 0 aliphatic rings. The van der Waals surface area contributed by atoms with Crippen LogP contribution in [-0.2, 0) is 0 Å². The molecule has 318 valence electrons. The van der Waals surface area contributed by atoms with Crippen LogP contribution in [-0.4, -0.2) is 24.5 Å². The molecule has 6 heteroatoms. The lowest BCUT2D eigenvalue weighted by atomic mass is 9.87. The summed E-state index contributed by atoms with van der Waals surface area (Å²) in [7, 11) is 0. The van der Waals surface area contributed by atoms with Gasteiger partial charge in [0.15, 0.2) is 17.5 Å². The van der Waals surface area contributed by atoms with Crippen LogP contribution in [0.15, 0.2) is 237 Å². The van der Waals surface area contributed by atoms with Crippen LogP contribution in [0.1, 0.15) is 0 Å². The molecule has 68 heavy (non-hydrogen) atoms. The van der Waals surface area contributed by atoms with E-state index in [1.54, 1.807) is 0 Å². The third kappa shape index (κ3) is 6.77. The summed E-state index contributed by atoms with van der Waals surface area (Å²) < 4.78 is 4.87. The molecule has 0 radical (unpaired) electrons. The SMILES string of the molecule is c1ccc(-c2nc(-c3ccccc3)nc(-c3cc(-c4c(-c5ccccc5)cccc4-c4ccccc4)cnc3-c3ccc4sc5c(ccc6c5c5ccccc5n6-c5ccccc5)c4c3)n2)cc1. The van der Waals surface area contributed by atoms with Crippen LogP contribution in [0.5, 0.6) is 0 Å². The van der Waals surface area contributed by atoms with E-state index in [0.29, 0.717) is 17.5 Å². The highest BCUT2D eigenvalue weighted by Gasteiger charge is 2.23. The third-order valence-electron chi connectivity index (χ3n) is 12.9. The van der Waals surface area contributed by atoms with Gasteiger partial charge in [-0.2, -0.15) is 0 Å². The molecule has 13 rings (SSSR count). The number of hydrogen-bond acceptors (Lipinski definition) is 5. The molecular weight excluding hydrogens is 847 g/mol. The van der Waals surface area contributed by atoms with Gasteiger partial charge in [0.05, 0.1) is 16.7 Å². The maximum atomic E-state index is 5.47. The van der Waals surface area contributed by atoms with Crippen molar-refractivity contribution in [3.63, 3.8) is 0 Å². The molecule has 5 nitrogen and oxygen atoms in total. The molecule has 9 aromatic carbocycles. The van der Waals surface area contributed by atoms with E-state index in [1.807, 2.05) is 53.9 Å². The molecule has 0 aliphatic carbocycles. The second-order valence-corrected chi connectivity index (χ2v) is 18.0. The van der Waals surface area contributed by atoms with Gasteiger partial charge in [0.2, 0.25) is 0 Å². The van der Waals surface area contributed by atoms with Gasteiger partial charge in [0.1, 0.15) is 0 Å². The Labute approximate surface area is 397 Å². The van der Waals surface area contributed by atoms with E-state index in [9.17, 15) is 0 Å². The monoisotopic (exact) mass is 885 g/mol. The molecule has 0 fully saturated rings. The summed E-state index contributed by atoms with van der Waals surface area (Å²) in [5, 5.41) is 4.92. The van der Waals surface area contributed by atoms with Crippen molar-refractivity contribution >= 4 is 53.3 Å². The predicted octanol–water partition coefficient (Wildman–Crippen LogP) is 16.4. The third-order valence-corrected chi connectivity index (χ3v) is 14.1. The maximum absolute atomic E-state index is 5.47. The van der Waals surface area contributed by atoms with Crippen LogP contribution < -0.4 is 0 Å². The highest BCUT2D eigenvalue weighted by Crippen LogP contribution is 2.46. The number of fused-ring (bicyclic) bond motifs is 7. The minimum absolute atomic E-state index is 0.547. The molecule has 13 aromatic rings. The van der Waals surface area contributed by atoms with E-state index in [1.165, 1.54) is 42.0 Å². The lowest BCUT2D eigenvalue weighted by Crippen LogP contribution is -2.02. The fraction of sp³-hybridized carbons (Fsp3) is 0. The Morgan fingerprint density at radius 3 is 1.54 bits per heavy atom. The molecule has 0 aliphatic heterocycles. The highest BCUT2D eigenvalue weighted by molar-refractivity contribution is 7.26. The van der Waals surface area contributed by atoms with Crippen molar-refractivity contribution in [2.75, 3.05) is 0 Å². The average Bonchev–Trinajstić information content (AvgIpc) is 3.97. The van der Waals surface area contributed by atoms with Crippen molar-refractivity contribution in [1.29, 1.82) is 0 Å². The molecule has 4 aromatic heterocycles. The molecule has 0 atom stereocenters. The van der Waals surface area contributed by atoms with Crippen molar-refractivity contribution < 1.29 is 0 Å². The second kappa shape index (κ2) is 16.5. The van der Waals surface area contributed by atoms with Gasteiger partial charge in [-0.05, 0) is 70.3 Å². The van der Waals surface area contributed by atoms with Gasteiger partial charge in [0.25, 0.3) is 0 Å². The van der Waals surface area contributed by atoms with Crippen molar-refractivity contribution in [2.45, 2.75) is 0 Å². The molecule has 0 saturated heterocycles. The smallest absolute Gasteiger partial charge is 0.166 e. The molecule has 4 heterocycles. The van der Waals surface area contributed by atoms with Gasteiger partial charge in [0, 0.05) is 70.6 Å². The number of thiophene rings is 1. The number of pyridine rings is 1. The summed E-state index contributed by atoms with van der Waals surface area (Å²) in [5.41, 5.74) is 14.5. The normalized spacial score (nSPS) is 11.5. The molecule has 0 amide bonds. The first-order chi connectivity index (χ1) is 33.7. The number of aromatic nitrogens is 5. The summed E-state index contributed by atoms with van der Waals surface area (Å²) in [6.45, 7) is 0. The summed E-state index contributed by atoms with van der Waals surface area (Å²) in [6.07, 6.45) is 2.03. The molecular formula is C62H39N5S. The van der Waals surface area contributed by atoms with Gasteiger partial charge in [-0.1, -0.05) is 188 Å². The van der Waals surface area contributed by atoms with Crippen LogP contribution in [0.25, 0.3) is 126 Å². The van der Waals surface area contributed by atoms with E-state index in [4.69, 9.17) is 19.9 Å². The average molecular weight is 886 g/mol. The van der Waals surface area contributed by atoms with Gasteiger partial charge in [-0.3, -0.25) is 4.98 Å². The first kappa shape index (κ1) is 39.5. The van der Waals surface area contributed by atoms with E-state index in [2.05, 4.69) is 199 Å². The quantitative estimate of drug-likeness (QED) is 0.153. The summed E-state index contributed by atoms with van der Waals surface area (Å²) >= 11 is 1.85. The molecule has 0 N–H and O–H groups in total. The van der Waals surface area contributed by atoms with Gasteiger partial charge < -0.3 is 4.57 Å². The van der Waals surface area contributed by atoms with E-state index in [0.717, 1.165) is 67.0 Å². The standard InChI is InChI=1S/C62H39N5S/c1-6-19-40(20-7-1)47-30-18-31-48(41-21-8-2-9-22-41)56(47)45-38-52(62-65-60(42-23-10-3-11-24-42)64-61(66-62)43-25-12-4-13-26-43)58(63-39-45)44-33-36-55-51(37-44)49-34-35-54-57(59(49)68-55)50-29-16-17-32-53(50)67(54)46-27-14-5-15-28-46/h1-39H. The molecule has 0 spiro atoms. The van der Waals surface area contributed by atoms with Gasteiger partial charge >= 0.3 is 0 Å². The van der Waals surface area contributed by atoms with Crippen molar-refractivity contribution in [2.24, 2.45) is 0 Å². The Morgan fingerprint density at radius 2 is 0.912 bits per heavy atom. The fourth-order valence-corrected chi connectivity index (χ4v) is 11.0. The van der Waals surface area contributed by atoms with Crippen LogP contribution >= 0.6 is 11.3 Å². The molecule has 0 unspecified atom stereocenters. The lowest BCUT2D eigenvalue weighted by Gasteiger charge is -2.18. The predicted molar refractivity (Wildman–Crippen MR) is 283 cm³/mol. The first-order valence-corrected chi connectivity index (χ1v) is 23.6. The second-order valence-electron chi connectivity index (χ2n) is 17.0. The Morgan fingerprint density at radius 1 is 0.353 bits per heavy atom. The van der Waals surface area contributed by atoms with Crippen molar-refractivity contribution in [3.05, 3.63) is 237 Å². The van der Waals surface area contributed by atoms with Crippen molar-refractivity contribution in [1.82, 2.24) is 24.5 Å². The number of nitrogens with zero attached hydrogens (tertiary/aromatic N) is 5. The molecule has 0 bridgehead atoms. The van der Waals surface area contributed by atoms with E-state index in [-0.39, 0.29) is 0 Å². The summed E-state index contributed by atoms with van der Waals surface area (Å²) in [4.78, 5) is 21.2. The number of hydrogen-bond donors (Lipinski definition) is 0. The van der Waals surface area contributed by atoms with Crippen LogP contribution in [0, 0.1) is 0 Å². The number of rotatable bonds is 8. The Hall–Kier alpha value is -8.84. The zero-order valence-electron chi connectivity index (χ0n) is 36.7. The fourth-order valence-electron chi connectivity index (χ4n) is 9.80. The minimum Gasteiger partial charge on any atom is -0.309 e. The van der Waals surface area contributed by atoms with E-state index < -0.39 is 0 Å². The number of benzene rings is 9. The Bertz CT molecular complexity index is 3880. The Kier molecular flexibility index (Phi) is 9.62. The zero-order valence-corrected chi connectivity index (χ0v) is 37.5. The minimum atomic E-state index is 0.547. The number of para-hydroxylation sites is 2. The largest absolute Gasteiger partial charge is 0.309 e. The molecule has 0 saturated carbocycles. The van der Waals surface area contributed by atoms with E-state index >= 15 is 0 Å². The zero-order chi connectivity index (χ0) is 45.0. The van der Waals surface area contributed by atoms with Crippen molar-refractivity contribution in [3.8, 4) is 84.5 Å². The Balaban J connectivity index is 1.07. The van der Waals surface area contributed by atoms with Crippen LogP contribution in [0.4, 0.5) is 0 Å². The highest BCUT2D eigenvalue weighted by atomic mass is 32.1.